The van der Waals surface area contributed by atoms with Gasteiger partial charge in [-0.2, -0.15) is 15.8 Å². The third kappa shape index (κ3) is 2.14. The van der Waals surface area contributed by atoms with Gasteiger partial charge in [-0.15, -0.1) is 0 Å². The minimum Gasteiger partial charge on any atom is -0.493 e. The molecule has 2 aliphatic heterocycles. The first-order valence-electron chi connectivity index (χ1n) is 8.80. The zero-order valence-electron chi connectivity index (χ0n) is 16.1. The monoisotopic (exact) mass is 380 g/mol. The van der Waals surface area contributed by atoms with Crippen molar-refractivity contribution in [2.45, 2.75) is 32.7 Å². The standard InChI is InChI=1S/C20H20N4O4/c1-5-26-14-7-6-13(8-15(14)25-4)16-19(9-21,10-22)20(11-23)12(2)18(3,27-16)28-17(20)24/h6-8,12,16,24H,5H2,1-4H3. The second-order valence-electron chi connectivity index (χ2n) is 6.96. The SMILES string of the molecule is CCOc1ccc(C2OC3(C)OC(=N)C(C#N)(C3C)C2(C#N)C#N)cc1OC. The van der Waals surface area contributed by atoms with Gasteiger partial charge in [-0.3, -0.25) is 5.41 Å². The number of benzene rings is 1. The van der Waals surface area contributed by atoms with Gasteiger partial charge in [-0.25, -0.2) is 0 Å². The molecule has 8 heteroatoms. The van der Waals surface area contributed by atoms with Gasteiger partial charge in [0.2, 0.25) is 17.1 Å². The Balaban J connectivity index is 2.25. The highest BCUT2D eigenvalue weighted by Gasteiger charge is 2.78. The van der Waals surface area contributed by atoms with E-state index in [0.717, 1.165) is 0 Å². The van der Waals surface area contributed by atoms with Crippen LogP contribution in [-0.4, -0.2) is 25.4 Å². The van der Waals surface area contributed by atoms with E-state index in [1.807, 2.05) is 19.1 Å². The molecule has 4 unspecified atom stereocenters. The molecule has 144 valence electrons. The number of hydrogen-bond acceptors (Lipinski definition) is 8. The zero-order chi connectivity index (χ0) is 20.7. The highest BCUT2D eigenvalue weighted by Crippen LogP contribution is 2.66. The minimum atomic E-state index is -1.98. The highest BCUT2D eigenvalue weighted by atomic mass is 16.7. The van der Waals surface area contributed by atoms with Crippen LogP contribution in [0, 0.1) is 56.2 Å². The summed E-state index contributed by atoms with van der Waals surface area (Å²) in [6.45, 7) is 5.55. The Labute approximate surface area is 163 Å². The molecule has 0 radical (unpaired) electrons. The zero-order valence-corrected chi connectivity index (χ0v) is 16.1. The van der Waals surface area contributed by atoms with Gasteiger partial charge in [-0.05, 0) is 24.6 Å². The molecule has 2 saturated heterocycles. The summed E-state index contributed by atoms with van der Waals surface area (Å²) in [5.41, 5.74) is -3.29. The van der Waals surface area contributed by atoms with Gasteiger partial charge >= 0.3 is 0 Å². The number of fused-ring (bicyclic) bond motifs is 2. The lowest BCUT2D eigenvalue weighted by Crippen LogP contribution is -2.57. The molecule has 2 bridgehead atoms. The van der Waals surface area contributed by atoms with Crippen LogP contribution in [0.2, 0.25) is 0 Å². The fraction of sp³-hybridized carbons (Fsp3) is 0.500. The number of methoxy groups -OCH3 is 1. The number of rotatable bonds is 4. The molecular weight excluding hydrogens is 360 g/mol. The van der Waals surface area contributed by atoms with Crippen LogP contribution in [0.3, 0.4) is 0 Å². The van der Waals surface area contributed by atoms with E-state index in [1.165, 1.54) is 7.11 Å². The summed E-state index contributed by atoms with van der Waals surface area (Å²) in [5, 5.41) is 38.4. The maximum Gasteiger partial charge on any atom is 0.214 e. The largest absolute Gasteiger partial charge is 0.493 e. The fourth-order valence-electron chi connectivity index (χ4n) is 4.13. The van der Waals surface area contributed by atoms with Crippen molar-refractivity contribution in [1.82, 2.24) is 0 Å². The van der Waals surface area contributed by atoms with E-state index >= 15 is 0 Å². The first kappa shape index (κ1) is 19.5. The molecular formula is C20H20N4O4. The molecule has 2 heterocycles. The lowest BCUT2D eigenvalue weighted by Gasteiger charge is -2.47. The van der Waals surface area contributed by atoms with Gasteiger partial charge in [0.1, 0.15) is 6.10 Å². The summed E-state index contributed by atoms with van der Waals surface area (Å²) in [4.78, 5) is 0. The Bertz CT molecular complexity index is 942. The van der Waals surface area contributed by atoms with E-state index in [0.29, 0.717) is 23.7 Å². The minimum absolute atomic E-state index is 0.408. The maximum absolute atomic E-state index is 10.1. The first-order valence-corrected chi connectivity index (χ1v) is 8.80. The van der Waals surface area contributed by atoms with E-state index in [1.54, 1.807) is 32.0 Å². The van der Waals surface area contributed by atoms with Gasteiger partial charge < -0.3 is 18.9 Å². The Morgan fingerprint density at radius 3 is 2.39 bits per heavy atom. The number of ether oxygens (including phenoxy) is 4. The van der Waals surface area contributed by atoms with Gasteiger partial charge in [-0.1, -0.05) is 13.0 Å². The van der Waals surface area contributed by atoms with Crippen molar-refractivity contribution in [1.29, 1.82) is 21.2 Å². The quantitative estimate of drug-likeness (QED) is 0.848. The normalized spacial score (nSPS) is 32.4. The van der Waals surface area contributed by atoms with Crippen LogP contribution in [0.15, 0.2) is 18.2 Å². The van der Waals surface area contributed by atoms with Crippen LogP contribution in [-0.2, 0) is 9.47 Å². The Hall–Kier alpha value is -3.28. The van der Waals surface area contributed by atoms with Crippen molar-refractivity contribution in [3.8, 4) is 29.7 Å². The number of nitrogens with zero attached hydrogens (tertiary/aromatic N) is 3. The van der Waals surface area contributed by atoms with Gasteiger partial charge in [0.05, 0.1) is 37.8 Å². The second kappa shape index (κ2) is 6.41. The molecule has 28 heavy (non-hydrogen) atoms. The summed E-state index contributed by atoms with van der Waals surface area (Å²) >= 11 is 0. The van der Waals surface area contributed by atoms with Crippen molar-refractivity contribution in [2.24, 2.45) is 16.7 Å². The fourth-order valence-corrected chi connectivity index (χ4v) is 4.13. The summed E-state index contributed by atoms with van der Waals surface area (Å²) in [6.07, 6.45) is -1.13. The molecule has 3 rings (SSSR count). The third-order valence-electron chi connectivity index (χ3n) is 5.79. The van der Waals surface area contributed by atoms with Crippen LogP contribution in [0.4, 0.5) is 0 Å². The molecule has 0 spiro atoms. The summed E-state index contributed by atoms with van der Waals surface area (Å²) in [5.74, 6) is -1.52. The van der Waals surface area contributed by atoms with Gasteiger partial charge in [0, 0.05) is 6.92 Å². The molecule has 0 aliphatic carbocycles. The Kier molecular flexibility index (Phi) is 4.46. The van der Waals surface area contributed by atoms with Crippen LogP contribution in [0.5, 0.6) is 11.5 Å². The summed E-state index contributed by atoms with van der Waals surface area (Å²) < 4.78 is 22.6. The second-order valence-corrected chi connectivity index (χ2v) is 6.96. The molecule has 1 N–H and O–H groups in total. The molecule has 0 aromatic heterocycles. The molecule has 2 aliphatic rings. The van der Waals surface area contributed by atoms with Gasteiger partial charge in [0.15, 0.2) is 16.9 Å². The van der Waals surface area contributed by atoms with Crippen LogP contribution >= 0.6 is 0 Å². The van der Waals surface area contributed by atoms with E-state index in [9.17, 15) is 15.8 Å². The first-order chi connectivity index (χ1) is 13.3. The van der Waals surface area contributed by atoms with E-state index in [2.05, 4.69) is 6.07 Å². The molecule has 1 aromatic rings. The van der Waals surface area contributed by atoms with Crippen LogP contribution < -0.4 is 9.47 Å². The molecule has 1 aromatic carbocycles. The lowest BCUT2D eigenvalue weighted by atomic mass is 9.54. The predicted molar refractivity (Wildman–Crippen MR) is 96.1 cm³/mol. The van der Waals surface area contributed by atoms with Crippen molar-refractivity contribution in [3.63, 3.8) is 0 Å². The smallest absolute Gasteiger partial charge is 0.214 e. The van der Waals surface area contributed by atoms with Crippen molar-refractivity contribution >= 4 is 5.90 Å². The van der Waals surface area contributed by atoms with E-state index < -0.39 is 34.5 Å². The van der Waals surface area contributed by atoms with Crippen LogP contribution in [0.25, 0.3) is 0 Å². The Morgan fingerprint density at radius 2 is 1.86 bits per heavy atom. The average Bonchev–Trinajstić information content (AvgIpc) is 2.83. The predicted octanol–water partition coefficient (Wildman–Crippen LogP) is 3.07. The van der Waals surface area contributed by atoms with Crippen molar-refractivity contribution < 1.29 is 18.9 Å². The number of nitriles is 3. The van der Waals surface area contributed by atoms with Gasteiger partial charge in [0.25, 0.3) is 0 Å². The number of nitrogens with one attached hydrogen (secondary N) is 1. The molecule has 0 saturated carbocycles. The van der Waals surface area contributed by atoms with E-state index in [-0.39, 0.29) is 0 Å². The third-order valence-corrected chi connectivity index (χ3v) is 5.79. The van der Waals surface area contributed by atoms with Crippen LogP contribution in [0.1, 0.15) is 32.4 Å². The summed E-state index contributed by atoms with van der Waals surface area (Å²) in [7, 11) is 1.48. The molecule has 0 amide bonds. The van der Waals surface area contributed by atoms with Crippen molar-refractivity contribution in [2.75, 3.05) is 13.7 Å². The molecule has 4 atom stereocenters. The summed E-state index contributed by atoms with van der Waals surface area (Å²) in [6, 6.07) is 11.0. The molecule has 2 fully saturated rings. The maximum atomic E-state index is 10.1. The van der Waals surface area contributed by atoms with E-state index in [4.69, 9.17) is 24.4 Å². The average molecular weight is 380 g/mol. The van der Waals surface area contributed by atoms with Crippen molar-refractivity contribution in [3.05, 3.63) is 23.8 Å². The highest BCUT2D eigenvalue weighted by molar-refractivity contribution is 5.89. The molecule has 8 nitrogen and oxygen atoms in total. The Morgan fingerprint density at radius 1 is 1.18 bits per heavy atom. The number of hydrogen-bond donors (Lipinski definition) is 1. The lowest BCUT2D eigenvalue weighted by molar-refractivity contribution is -0.268. The topological polar surface area (TPSA) is 132 Å².